The molecule has 336 valence electrons. The number of anilines is 4. The maximum atomic E-state index is 12.7. The maximum Gasteiger partial charge on any atom is 0.292 e. The fourth-order valence-electron chi connectivity index (χ4n) is 7.09. The van der Waals surface area contributed by atoms with Crippen molar-refractivity contribution in [3.8, 4) is 23.6 Å². The number of nitrogen functional groups attached to an aromatic ring is 2. The number of oxazole rings is 1. The first kappa shape index (κ1) is 45.4. The van der Waals surface area contributed by atoms with Crippen molar-refractivity contribution >= 4 is 57.4 Å². The summed E-state index contributed by atoms with van der Waals surface area (Å²) in [6.45, 7) is 6.79. The number of nitrogens with two attached hydrogens (primary N) is 2. The standard InChI is InChI=1S/C44H53N13O7/c1-2-31-26-47-43(48-27-31)55-13-15-56(16-14-55)44-49-28-33(29-50-44)36(59)8-6-17-60-19-21-62-23-24-63-22-20-61-18-11-34(58)7-4-3-5-12-57-41-38(40(45)51-30-52-41)39(54-57)32-9-10-37-35(25-32)53-42(46)64-37/h1,9-10,25-30H,3-8,11-24H2,(H2,46,53)(H2,45,51,52). The Labute approximate surface area is 370 Å². The third kappa shape index (κ3) is 12.5. The molecule has 0 atom stereocenters. The highest BCUT2D eigenvalue weighted by atomic mass is 16.6. The van der Waals surface area contributed by atoms with E-state index in [0.29, 0.717) is 155 Å². The summed E-state index contributed by atoms with van der Waals surface area (Å²) in [5, 5.41) is 5.49. The van der Waals surface area contributed by atoms with E-state index in [1.54, 1.807) is 30.9 Å². The summed E-state index contributed by atoms with van der Waals surface area (Å²) in [4.78, 5) is 59.7. The number of carbonyl (C=O) groups excluding carboxylic acids is 2. The zero-order valence-electron chi connectivity index (χ0n) is 35.8. The van der Waals surface area contributed by atoms with Gasteiger partial charge in [0.15, 0.2) is 17.0 Å². The summed E-state index contributed by atoms with van der Waals surface area (Å²) in [6, 6.07) is 5.63. The minimum atomic E-state index is -0.0230. The highest BCUT2D eigenvalue weighted by Gasteiger charge is 2.22. The molecule has 5 aromatic heterocycles. The van der Waals surface area contributed by atoms with Crippen LogP contribution in [-0.4, -0.2) is 135 Å². The lowest BCUT2D eigenvalue weighted by atomic mass is 10.1. The summed E-state index contributed by atoms with van der Waals surface area (Å²) in [7, 11) is 0. The molecule has 1 saturated heterocycles. The highest BCUT2D eigenvalue weighted by Crippen LogP contribution is 2.32. The van der Waals surface area contributed by atoms with Crippen LogP contribution in [0.5, 0.6) is 0 Å². The molecule has 7 rings (SSSR count). The van der Waals surface area contributed by atoms with Crippen molar-refractivity contribution in [1.82, 2.24) is 44.7 Å². The SMILES string of the molecule is C#Cc1cnc(N2CCN(c3ncc(C(=O)CCCOCCOCCOCCOCCC(=O)CCCCCn4nc(-c5ccc6oc(N)nc6c5)c5c(N)ncnc54)cn3)CC2)nc1. The quantitative estimate of drug-likeness (QED) is 0.0445. The van der Waals surface area contributed by atoms with Crippen LogP contribution < -0.4 is 21.3 Å². The van der Waals surface area contributed by atoms with Crippen molar-refractivity contribution in [1.29, 1.82) is 0 Å². The number of hydrogen-bond donors (Lipinski definition) is 2. The van der Waals surface area contributed by atoms with E-state index in [1.807, 2.05) is 16.8 Å². The molecule has 0 radical (unpaired) electrons. The molecule has 1 aliphatic rings. The number of benzene rings is 1. The summed E-state index contributed by atoms with van der Waals surface area (Å²) in [5.41, 5.74) is 16.4. The highest BCUT2D eigenvalue weighted by molar-refractivity contribution is 5.99. The number of ether oxygens (including phenoxy) is 4. The zero-order valence-corrected chi connectivity index (χ0v) is 35.8. The molecule has 0 spiro atoms. The molecule has 6 heterocycles. The predicted molar refractivity (Wildman–Crippen MR) is 239 cm³/mol. The molecule has 0 saturated carbocycles. The van der Waals surface area contributed by atoms with E-state index in [2.05, 4.69) is 50.6 Å². The van der Waals surface area contributed by atoms with Crippen LogP contribution in [-0.2, 0) is 30.3 Å². The number of Topliss-reactive ketones (excluding diaryl/α,β-unsaturated/α-hetero) is 2. The number of carbonyl (C=O) groups is 2. The fraction of sp³-hybridized carbons (Fsp3) is 0.455. The van der Waals surface area contributed by atoms with E-state index in [1.165, 1.54) is 6.33 Å². The van der Waals surface area contributed by atoms with Gasteiger partial charge < -0.3 is 44.6 Å². The average Bonchev–Trinajstić information content (AvgIpc) is 3.90. The van der Waals surface area contributed by atoms with Gasteiger partial charge in [0.1, 0.15) is 29.1 Å². The average molecular weight is 876 g/mol. The smallest absolute Gasteiger partial charge is 0.292 e. The summed E-state index contributed by atoms with van der Waals surface area (Å²) in [6.07, 6.45) is 17.5. The molecular weight excluding hydrogens is 823 g/mol. The van der Waals surface area contributed by atoms with Gasteiger partial charge in [-0.25, -0.2) is 34.6 Å². The van der Waals surface area contributed by atoms with Crippen LogP contribution in [0.15, 0.2) is 53.7 Å². The number of aryl methyl sites for hydroxylation is 1. The van der Waals surface area contributed by atoms with Gasteiger partial charge in [-0.2, -0.15) is 10.1 Å². The summed E-state index contributed by atoms with van der Waals surface area (Å²) < 4.78 is 29.6. The molecule has 0 unspecified atom stereocenters. The maximum absolute atomic E-state index is 12.7. The first-order valence-electron chi connectivity index (χ1n) is 21.5. The Balaban J connectivity index is 0.653. The molecule has 6 aromatic rings. The number of aromatic nitrogens is 9. The number of hydrogen-bond acceptors (Lipinski definition) is 19. The Hall–Kier alpha value is -6.66. The summed E-state index contributed by atoms with van der Waals surface area (Å²) in [5.74, 6) is 4.25. The van der Waals surface area contributed by atoms with Gasteiger partial charge in [-0.1, -0.05) is 12.3 Å². The van der Waals surface area contributed by atoms with Gasteiger partial charge in [-0.3, -0.25) is 9.59 Å². The third-order valence-electron chi connectivity index (χ3n) is 10.5. The Morgan fingerprint density at radius 2 is 1.36 bits per heavy atom. The van der Waals surface area contributed by atoms with Gasteiger partial charge in [0.25, 0.3) is 6.01 Å². The largest absolute Gasteiger partial charge is 0.424 e. The minimum Gasteiger partial charge on any atom is -0.424 e. The predicted octanol–water partition coefficient (Wildman–Crippen LogP) is 3.94. The van der Waals surface area contributed by atoms with Crippen LogP contribution >= 0.6 is 0 Å². The topological polar surface area (TPSA) is 251 Å². The van der Waals surface area contributed by atoms with Gasteiger partial charge in [-0.05, 0) is 37.5 Å². The number of piperazine rings is 1. The summed E-state index contributed by atoms with van der Waals surface area (Å²) >= 11 is 0. The van der Waals surface area contributed by atoms with Crippen LogP contribution in [0.1, 0.15) is 60.9 Å². The van der Waals surface area contributed by atoms with Crippen molar-refractivity contribution < 1.29 is 33.0 Å². The van der Waals surface area contributed by atoms with Crippen LogP contribution in [0.4, 0.5) is 23.7 Å². The van der Waals surface area contributed by atoms with Gasteiger partial charge in [0.05, 0.1) is 62.8 Å². The van der Waals surface area contributed by atoms with Gasteiger partial charge in [0, 0.05) is 88.9 Å². The van der Waals surface area contributed by atoms with Crippen molar-refractivity contribution in [3.63, 3.8) is 0 Å². The van der Waals surface area contributed by atoms with E-state index in [0.717, 1.165) is 37.9 Å². The van der Waals surface area contributed by atoms with Crippen molar-refractivity contribution in [2.75, 3.05) is 100 Å². The Morgan fingerprint density at radius 3 is 2.03 bits per heavy atom. The normalized spacial score (nSPS) is 12.9. The number of nitrogens with zero attached hydrogens (tertiary/aromatic N) is 11. The number of ketones is 2. The zero-order chi connectivity index (χ0) is 44.5. The van der Waals surface area contributed by atoms with Crippen LogP contribution in [0.2, 0.25) is 0 Å². The first-order chi connectivity index (χ1) is 31.4. The van der Waals surface area contributed by atoms with E-state index < -0.39 is 0 Å². The number of unbranched alkanes of at least 4 members (excludes halogenated alkanes) is 2. The minimum absolute atomic E-state index is 0.0230. The molecule has 20 nitrogen and oxygen atoms in total. The van der Waals surface area contributed by atoms with Crippen molar-refractivity contribution in [2.24, 2.45) is 0 Å². The van der Waals surface area contributed by atoms with Crippen LogP contribution in [0.25, 0.3) is 33.4 Å². The van der Waals surface area contributed by atoms with Crippen molar-refractivity contribution in [2.45, 2.75) is 51.5 Å². The molecule has 1 aliphatic heterocycles. The molecule has 0 bridgehead atoms. The Kier molecular flexibility index (Phi) is 16.4. The lowest BCUT2D eigenvalue weighted by Crippen LogP contribution is -2.47. The second kappa shape index (κ2) is 23.1. The fourth-order valence-corrected chi connectivity index (χ4v) is 7.09. The van der Waals surface area contributed by atoms with E-state index in [-0.39, 0.29) is 17.6 Å². The van der Waals surface area contributed by atoms with Crippen molar-refractivity contribution in [3.05, 3.63) is 60.4 Å². The lowest BCUT2D eigenvalue weighted by Gasteiger charge is -2.34. The van der Waals surface area contributed by atoms with Gasteiger partial charge >= 0.3 is 0 Å². The number of rotatable bonds is 26. The molecule has 1 aromatic carbocycles. The Morgan fingerprint density at radius 1 is 0.719 bits per heavy atom. The Bertz CT molecular complexity index is 2480. The molecular formula is C44H53N13O7. The first-order valence-corrected chi connectivity index (χ1v) is 21.5. The second-order valence-electron chi connectivity index (χ2n) is 15.0. The van der Waals surface area contributed by atoms with Gasteiger partial charge in [-0.15, -0.1) is 6.42 Å². The van der Waals surface area contributed by atoms with E-state index in [4.69, 9.17) is 46.4 Å². The van der Waals surface area contributed by atoms with Crippen LogP contribution in [0.3, 0.4) is 0 Å². The van der Waals surface area contributed by atoms with E-state index >= 15 is 0 Å². The molecule has 64 heavy (non-hydrogen) atoms. The number of fused-ring (bicyclic) bond motifs is 2. The lowest BCUT2D eigenvalue weighted by molar-refractivity contribution is -0.120. The molecule has 0 aliphatic carbocycles. The monoisotopic (exact) mass is 875 g/mol. The van der Waals surface area contributed by atoms with Gasteiger partial charge in [0.2, 0.25) is 11.9 Å². The molecule has 20 heteroatoms. The molecule has 0 amide bonds. The van der Waals surface area contributed by atoms with Crippen LogP contribution in [0, 0.1) is 12.3 Å². The second-order valence-corrected chi connectivity index (χ2v) is 15.0. The van der Waals surface area contributed by atoms with E-state index in [9.17, 15) is 9.59 Å². The number of terminal acetylenes is 1. The molecule has 4 N–H and O–H groups in total. The molecule has 1 fully saturated rings. The third-order valence-corrected chi connectivity index (χ3v) is 10.5.